The van der Waals surface area contributed by atoms with Crippen molar-refractivity contribution < 1.29 is 14.0 Å². The van der Waals surface area contributed by atoms with Crippen LogP contribution in [0.2, 0.25) is 0 Å². The number of aldehydes is 1. The van der Waals surface area contributed by atoms with Gasteiger partial charge in [0.25, 0.3) is 0 Å². The first-order chi connectivity index (χ1) is 12.4. The molecule has 1 aliphatic rings. The molecular weight excluding hydrogens is 329 g/mol. The molecule has 1 heterocycles. The third kappa shape index (κ3) is 3.55. The zero-order valence-corrected chi connectivity index (χ0v) is 15.5. The van der Waals surface area contributed by atoms with Crippen molar-refractivity contribution in [1.82, 2.24) is 0 Å². The van der Waals surface area contributed by atoms with Gasteiger partial charge >= 0.3 is 0 Å². The number of hydrogen-bond donors (Lipinski definition) is 0. The summed E-state index contributed by atoms with van der Waals surface area (Å²) in [6.07, 6.45) is 2.20. The molecule has 1 aliphatic heterocycles. The molecule has 0 aromatic heterocycles. The number of piperidine rings is 1. The molecular formula is C22H24FNO2. The molecule has 0 spiro atoms. The Kier molecular flexibility index (Phi) is 5.21. The van der Waals surface area contributed by atoms with E-state index in [1.807, 2.05) is 49.9 Å². The number of nitrogens with zero attached hydrogens (tertiary/aromatic N) is 1. The smallest absolute Gasteiger partial charge is 0.229 e. The van der Waals surface area contributed by atoms with E-state index in [1.165, 1.54) is 6.07 Å². The Hall–Kier alpha value is -2.49. The standard InChI is InChI=1S/C22H24FNO2/c1-14-8-18(13-25)9-15(2)21(14)24-12-17(10-16(3)22(24)26)11-19-6-4-5-7-20(19)23/h4-9,13,16-17H,10-12H2,1-3H3/t16-,17-/m1/s1. The van der Waals surface area contributed by atoms with Gasteiger partial charge in [0.05, 0.1) is 0 Å². The minimum atomic E-state index is -0.189. The van der Waals surface area contributed by atoms with E-state index in [9.17, 15) is 14.0 Å². The van der Waals surface area contributed by atoms with Crippen LogP contribution in [0.25, 0.3) is 0 Å². The van der Waals surface area contributed by atoms with Crippen molar-refractivity contribution in [3.8, 4) is 0 Å². The van der Waals surface area contributed by atoms with Crippen molar-refractivity contribution in [3.63, 3.8) is 0 Å². The van der Waals surface area contributed by atoms with E-state index in [1.54, 1.807) is 6.07 Å². The van der Waals surface area contributed by atoms with Crippen LogP contribution < -0.4 is 4.90 Å². The number of carbonyl (C=O) groups is 2. The summed E-state index contributed by atoms with van der Waals surface area (Å²) in [5.41, 5.74) is 4.02. The molecule has 1 saturated heterocycles. The van der Waals surface area contributed by atoms with Crippen LogP contribution in [0, 0.1) is 31.5 Å². The lowest BCUT2D eigenvalue weighted by Gasteiger charge is -2.38. The molecule has 0 saturated carbocycles. The van der Waals surface area contributed by atoms with Crippen LogP contribution in [0.5, 0.6) is 0 Å². The number of halogens is 1. The summed E-state index contributed by atoms with van der Waals surface area (Å²) in [5.74, 6) is 0.000329. The Morgan fingerprint density at radius 3 is 2.46 bits per heavy atom. The predicted molar refractivity (Wildman–Crippen MR) is 101 cm³/mol. The van der Waals surface area contributed by atoms with Crippen LogP contribution in [0.1, 0.15) is 40.4 Å². The second-order valence-electron chi connectivity index (χ2n) is 7.37. The highest BCUT2D eigenvalue weighted by molar-refractivity contribution is 5.97. The van der Waals surface area contributed by atoms with E-state index in [-0.39, 0.29) is 23.6 Å². The molecule has 0 bridgehead atoms. The van der Waals surface area contributed by atoms with Crippen molar-refractivity contribution in [3.05, 3.63) is 64.5 Å². The third-order valence-electron chi connectivity index (χ3n) is 5.20. The van der Waals surface area contributed by atoms with Crippen LogP contribution in [0.3, 0.4) is 0 Å². The summed E-state index contributed by atoms with van der Waals surface area (Å²) in [6.45, 7) is 6.36. The number of anilines is 1. The Balaban J connectivity index is 1.91. The van der Waals surface area contributed by atoms with Crippen molar-refractivity contribution in [2.75, 3.05) is 11.4 Å². The fourth-order valence-electron chi connectivity index (χ4n) is 4.10. The minimum absolute atomic E-state index is 0.0971. The van der Waals surface area contributed by atoms with Crippen LogP contribution in [0.4, 0.5) is 10.1 Å². The van der Waals surface area contributed by atoms with Gasteiger partial charge in [0.1, 0.15) is 12.1 Å². The van der Waals surface area contributed by atoms with Gasteiger partial charge in [-0.15, -0.1) is 0 Å². The summed E-state index contributed by atoms with van der Waals surface area (Å²) in [4.78, 5) is 25.8. The normalized spacial score (nSPS) is 20.3. The highest BCUT2D eigenvalue weighted by Gasteiger charge is 2.34. The number of amides is 1. The maximum atomic E-state index is 14.0. The van der Waals surface area contributed by atoms with Gasteiger partial charge in [-0.3, -0.25) is 9.59 Å². The first-order valence-electron chi connectivity index (χ1n) is 9.02. The van der Waals surface area contributed by atoms with Gasteiger partial charge in [-0.2, -0.15) is 0 Å². The maximum absolute atomic E-state index is 14.0. The molecule has 3 rings (SSSR count). The molecule has 1 fully saturated rings. The molecule has 3 nitrogen and oxygen atoms in total. The molecule has 1 amide bonds. The van der Waals surface area contributed by atoms with Gasteiger partial charge in [0.15, 0.2) is 0 Å². The van der Waals surface area contributed by atoms with E-state index in [2.05, 4.69) is 0 Å². The lowest BCUT2D eigenvalue weighted by molar-refractivity contribution is -0.124. The number of aryl methyl sites for hydroxylation is 2. The van der Waals surface area contributed by atoms with Gasteiger partial charge in [-0.05, 0) is 67.5 Å². The average molecular weight is 353 g/mol. The fraction of sp³-hybridized carbons (Fsp3) is 0.364. The summed E-state index contributed by atoms with van der Waals surface area (Å²) in [7, 11) is 0. The van der Waals surface area contributed by atoms with E-state index in [0.29, 0.717) is 24.1 Å². The Bertz CT molecular complexity index is 823. The molecule has 2 aromatic carbocycles. The number of benzene rings is 2. The SMILES string of the molecule is Cc1cc(C=O)cc(C)c1N1C[C@@H](Cc2ccccc2F)C[C@@H](C)C1=O. The van der Waals surface area contributed by atoms with E-state index >= 15 is 0 Å². The molecule has 0 radical (unpaired) electrons. The molecule has 0 N–H and O–H groups in total. The topological polar surface area (TPSA) is 37.4 Å². The first-order valence-corrected chi connectivity index (χ1v) is 9.02. The first kappa shape index (κ1) is 18.3. The molecule has 136 valence electrons. The monoisotopic (exact) mass is 353 g/mol. The molecule has 0 unspecified atom stereocenters. The second-order valence-corrected chi connectivity index (χ2v) is 7.37. The largest absolute Gasteiger partial charge is 0.311 e. The summed E-state index contributed by atoms with van der Waals surface area (Å²) < 4.78 is 14.0. The lowest BCUT2D eigenvalue weighted by atomic mass is 9.84. The van der Waals surface area contributed by atoms with Crippen LogP contribution >= 0.6 is 0 Å². The molecule has 0 aliphatic carbocycles. The highest BCUT2D eigenvalue weighted by Crippen LogP contribution is 2.34. The zero-order chi connectivity index (χ0) is 18.8. The number of carbonyl (C=O) groups excluding carboxylic acids is 2. The molecule has 4 heteroatoms. The Morgan fingerprint density at radius 1 is 1.19 bits per heavy atom. The lowest BCUT2D eigenvalue weighted by Crippen LogP contribution is -2.46. The minimum Gasteiger partial charge on any atom is -0.311 e. The van der Waals surface area contributed by atoms with Crippen molar-refractivity contribution in [2.45, 2.75) is 33.6 Å². The van der Waals surface area contributed by atoms with E-state index < -0.39 is 0 Å². The number of hydrogen-bond acceptors (Lipinski definition) is 2. The van der Waals surface area contributed by atoms with Crippen LogP contribution in [-0.4, -0.2) is 18.7 Å². The summed E-state index contributed by atoms with van der Waals surface area (Å²) in [5, 5.41) is 0. The van der Waals surface area contributed by atoms with Gasteiger partial charge in [0, 0.05) is 23.7 Å². The maximum Gasteiger partial charge on any atom is 0.229 e. The van der Waals surface area contributed by atoms with Crippen LogP contribution in [-0.2, 0) is 11.2 Å². The van der Waals surface area contributed by atoms with Gasteiger partial charge in [-0.25, -0.2) is 4.39 Å². The third-order valence-corrected chi connectivity index (χ3v) is 5.20. The molecule has 2 aromatic rings. The fourth-order valence-corrected chi connectivity index (χ4v) is 4.10. The Labute approximate surface area is 153 Å². The van der Waals surface area contributed by atoms with Gasteiger partial charge < -0.3 is 4.90 Å². The van der Waals surface area contributed by atoms with Crippen molar-refractivity contribution >= 4 is 17.9 Å². The average Bonchev–Trinajstić information content (AvgIpc) is 2.60. The summed E-state index contributed by atoms with van der Waals surface area (Å²) >= 11 is 0. The highest BCUT2D eigenvalue weighted by atomic mass is 19.1. The summed E-state index contributed by atoms with van der Waals surface area (Å²) in [6, 6.07) is 10.5. The Morgan fingerprint density at radius 2 is 1.85 bits per heavy atom. The zero-order valence-electron chi connectivity index (χ0n) is 15.5. The van der Waals surface area contributed by atoms with Gasteiger partial charge in [-0.1, -0.05) is 25.1 Å². The molecule has 26 heavy (non-hydrogen) atoms. The second kappa shape index (κ2) is 7.40. The van der Waals surface area contributed by atoms with Gasteiger partial charge in [0.2, 0.25) is 5.91 Å². The van der Waals surface area contributed by atoms with Crippen molar-refractivity contribution in [2.24, 2.45) is 11.8 Å². The molecule has 2 atom stereocenters. The van der Waals surface area contributed by atoms with Crippen LogP contribution in [0.15, 0.2) is 36.4 Å². The van der Waals surface area contributed by atoms with E-state index in [4.69, 9.17) is 0 Å². The van der Waals surface area contributed by atoms with Crippen molar-refractivity contribution in [1.29, 1.82) is 0 Å². The van der Waals surface area contributed by atoms with E-state index in [0.717, 1.165) is 29.5 Å². The predicted octanol–water partition coefficient (Wildman–Crippen LogP) is 4.49. The number of rotatable bonds is 4. The quantitative estimate of drug-likeness (QED) is 0.760.